The Morgan fingerprint density at radius 1 is 1.28 bits per heavy atom. The summed E-state index contributed by atoms with van der Waals surface area (Å²) in [7, 11) is 0. The van der Waals surface area contributed by atoms with E-state index in [1.165, 1.54) is 28.7 Å². The van der Waals surface area contributed by atoms with Crippen molar-refractivity contribution in [1.29, 1.82) is 0 Å². The van der Waals surface area contributed by atoms with Crippen LogP contribution in [0.5, 0.6) is 5.75 Å². The van der Waals surface area contributed by atoms with Gasteiger partial charge >= 0.3 is 0 Å². The molecule has 162 valence electrons. The number of benzene rings is 1. The number of hydrogen-bond donors (Lipinski definition) is 1. The van der Waals surface area contributed by atoms with E-state index in [2.05, 4.69) is 26.5 Å². The second kappa shape index (κ2) is 8.76. The number of amides is 1. The van der Waals surface area contributed by atoms with E-state index >= 15 is 0 Å². The van der Waals surface area contributed by atoms with Crippen LogP contribution in [0.1, 0.15) is 32.9 Å². The maximum absolute atomic E-state index is 13.0. The molecule has 9 heteroatoms. The molecule has 1 aliphatic heterocycles. The van der Waals surface area contributed by atoms with Crippen molar-refractivity contribution in [2.24, 2.45) is 0 Å². The van der Waals surface area contributed by atoms with E-state index in [0.717, 1.165) is 47.1 Å². The fourth-order valence-electron chi connectivity index (χ4n) is 3.50. The monoisotopic (exact) mass is 464 g/mol. The number of pyridine rings is 1. The summed E-state index contributed by atoms with van der Waals surface area (Å²) in [4.78, 5) is 22.0. The normalized spacial score (nSPS) is 12.4. The second-order valence-electron chi connectivity index (χ2n) is 7.36. The van der Waals surface area contributed by atoms with Crippen LogP contribution in [0.4, 0.5) is 5.13 Å². The Morgan fingerprint density at radius 3 is 3.03 bits per heavy atom. The van der Waals surface area contributed by atoms with Gasteiger partial charge in [-0.1, -0.05) is 5.16 Å². The molecule has 0 atom stereocenters. The zero-order chi connectivity index (χ0) is 22.1. The molecule has 0 bridgehead atoms. The molecule has 0 aliphatic carbocycles. The van der Waals surface area contributed by atoms with Crippen molar-refractivity contribution < 1.29 is 14.1 Å². The quantitative estimate of drug-likeness (QED) is 0.388. The minimum absolute atomic E-state index is 0.234. The molecule has 1 amide bonds. The predicted molar refractivity (Wildman–Crippen MR) is 124 cm³/mol. The molecule has 5 rings (SSSR count). The summed E-state index contributed by atoms with van der Waals surface area (Å²) in [6, 6.07) is 9.61. The minimum atomic E-state index is -0.234. The largest absolute Gasteiger partial charge is 0.493 e. The van der Waals surface area contributed by atoms with Crippen molar-refractivity contribution >= 4 is 34.1 Å². The third-order valence-corrected chi connectivity index (χ3v) is 7.05. The Labute approximate surface area is 193 Å². The Morgan fingerprint density at radius 2 is 2.19 bits per heavy atom. The Balaban J connectivity index is 1.31. The van der Waals surface area contributed by atoms with E-state index in [4.69, 9.17) is 9.26 Å². The van der Waals surface area contributed by atoms with Crippen LogP contribution in [0.3, 0.4) is 0 Å². The summed E-state index contributed by atoms with van der Waals surface area (Å²) in [6.07, 6.45) is 2.60. The maximum Gasteiger partial charge on any atom is 0.260 e. The van der Waals surface area contributed by atoms with Crippen molar-refractivity contribution in [2.45, 2.75) is 31.0 Å². The number of carbonyl (C=O) groups excluding carboxylic acids is 1. The first-order valence-electron chi connectivity index (χ1n) is 10.1. The van der Waals surface area contributed by atoms with Crippen molar-refractivity contribution in [1.82, 2.24) is 15.1 Å². The number of fused-ring (bicyclic) bond motifs is 1. The summed E-state index contributed by atoms with van der Waals surface area (Å²) in [5, 5.41) is 10.1. The van der Waals surface area contributed by atoms with Gasteiger partial charge in [0.05, 0.1) is 23.6 Å². The van der Waals surface area contributed by atoms with Crippen molar-refractivity contribution in [3.05, 3.63) is 70.1 Å². The molecule has 0 radical (unpaired) electrons. The molecule has 1 aliphatic rings. The molecule has 0 unspecified atom stereocenters. The van der Waals surface area contributed by atoms with E-state index in [1.54, 1.807) is 18.3 Å². The van der Waals surface area contributed by atoms with Gasteiger partial charge in [-0.3, -0.25) is 10.1 Å². The molecule has 0 saturated carbocycles. The van der Waals surface area contributed by atoms with E-state index in [1.807, 2.05) is 31.4 Å². The highest BCUT2D eigenvalue weighted by Crippen LogP contribution is 2.32. The molecule has 3 aromatic heterocycles. The number of carbonyl (C=O) groups is 1. The lowest BCUT2D eigenvalue weighted by Gasteiger charge is -2.07. The predicted octanol–water partition coefficient (Wildman–Crippen LogP) is 5.29. The summed E-state index contributed by atoms with van der Waals surface area (Å²) in [5.41, 5.74) is 5.43. The Bertz CT molecular complexity index is 1280. The van der Waals surface area contributed by atoms with E-state index < -0.39 is 0 Å². The third kappa shape index (κ3) is 4.13. The number of anilines is 1. The van der Waals surface area contributed by atoms with Crippen LogP contribution in [0, 0.1) is 13.8 Å². The molecular formula is C23H20N4O3S2. The summed E-state index contributed by atoms with van der Waals surface area (Å²) < 4.78 is 10.8. The number of aromatic nitrogens is 3. The maximum atomic E-state index is 13.0. The number of rotatable bonds is 6. The lowest BCUT2D eigenvalue weighted by Crippen LogP contribution is -2.13. The summed E-state index contributed by atoms with van der Waals surface area (Å²) in [5.74, 6) is 2.12. The fourth-order valence-corrected chi connectivity index (χ4v) is 5.36. The number of ether oxygens (including phenoxy) is 1. The van der Waals surface area contributed by atoms with E-state index in [0.29, 0.717) is 21.5 Å². The fraction of sp³-hybridized carbons (Fsp3) is 0.217. The molecule has 0 spiro atoms. The molecule has 0 saturated heterocycles. The van der Waals surface area contributed by atoms with Crippen molar-refractivity contribution in [3.8, 4) is 17.0 Å². The van der Waals surface area contributed by atoms with Crippen LogP contribution in [0.25, 0.3) is 11.3 Å². The molecule has 4 heterocycles. The number of thioether (sulfide) groups is 1. The van der Waals surface area contributed by atoms with Gasteiger partial charge in [-0.05, 0) is 49.7 Å². The molecular weight excluding hydrogens is 444 g/mol. The number of hydrogen-bond acceptors (Lipinski definition) is 8. The molecule has 4 aromatic rings. The van der Waals surface area contributed by atoms with Gasteiger partial charge in [0.25, 0.3) is 5.91 Å². The molecule has 1 N–H and O–H groups in total. The minimum Gasteiger partial charge on any atom is -0.493 e. The van der Waals surface area contributed by atoms with Gasteiger partial charge in [0.1, 0.15) is 16.5 Å². The van der Waals surface area contributed by atoms with Crippen molar-refractivity contribution in [2.75, 3.05) is 11.9 Å². The van der Waals surface area contributed by atoms with Crippen molar-refractivity contribution in [3.63, 3.8) is 0 Å². The number of nitrogens with one attached hydrogen (secondary N) is 1. The summed E-state index contributed by atoms with van der Waals surface area (Å²) in [6.45, 7) is 4.52. The second-order valence-corrected chi connectivity index (χ2v) is 9.18. The van der Waals surface area contributed by atoms with Gasteiger partial charge in [-0.25, -0.2) is 9.97 Å². The van der Waals surface area contributed by atoms with Gasteiger partial charge in [0.15, 0.2) is 5.13 Å². The molecule has 0 fully saturated rings. The summed E-state index contributed by atoms with van der Waals surface area (Å²) >= 11 is 2.88. The lowest BCUT2D eigenvalue weighted by molar-refractivity contribution is 0.102. The lowest BCUT2D eigenvalue weighted by atomic mass is 10.1. The first kappa shape index (κ1) is 20.7. The molecule has 7 nitrogen and oxygen atoms in total. The van der Waals surface area contributed by atoms with Crippen LogP contribution >= 0.6 is 23.1 Å². The van der Waals surface area contributed by atoms with Gasteiger partial charge in [0, 0.05) is 34.9 Å². The van der Waals surface area contributed by atoms with E-state index in [9.17, 15) is 4.79 Å². The number of aryl methyl sites for hydroxylation is 2. The van der Waals surface area contributed by atoms with Crippen LogP contribution < -0.4 is 10.1 Å². The first-order valence-corrected chi connectivity index (χ1v) is 12.0. The highest BCUT2D eigenvalue weighted by atomic mass is 32.2. The van der Waals surface area contributed by atoms with Gasteiger partial charge in [-0.2, -0.15) is 0 Å². The smallest absolute Gasteiger partial charge is 0.260 e. The highest BCUT2D eigenvalue weighted by Gasteiger charge is 2.18. The number of thiazole rings is 1. The van der Waals surface area contributed by atoms with Gasteiger partial charge in [0.2, 0.25) is 0 Å². The van der Waals surface area contributed by atoms with Crippen LogP contribution in [-0.4, -0.2) is 27.6 Å². The topological polar surface area (TPSA) is 90.1 Å². The van der Waals surface area contributed by atoms with Crippen LogP contribution in [-0.2, 0) is 12.2 Å². The molecule has 1 aromatic carbocycles. The average Bonchev–Trinajstić information content (AvgIpc) is 3.53. The standard InChI is InChI=1S/C23H20N4O3S2/c1-13-18(14(2)30-27-13)11-31-22-17(4-3-8-24-22)21(28)26-23-25-19(12-32-23)15-5-6-20-16(10-15)7-9-29-20/h3-6,8,10,12H,7,9,11H2,1-2H3,(H,25,26,28). The molecule has 32 heavy (non-hydrogen) atoms. The van der Waals surface area contributed by atoms with Gasteiger partial charge in [-0.15, -0.1) is 23.1 Å². The van der Waals surface area contributed by atoms with E-state index in [-0.39, 0.29) is 5.91 Å². The van der Waals surface area contributed by atoms with Gasteiger partial charge < -0.3 is 9.26 Å². The Hall–Kier alpha value is -3.17. The zero-order valence-electron chi connectivity index (χ0n) is 17.5. The highest BCUT2D eigenvalue weighted by molar-refractivity contribution is 7.98. The SMILES string of the molecule is Cc1noc(C)c1CSc1ncccc1C(=O)Nc1nc(-c2ccc3c(c2)CCO3)cs1. The Kier molecular flexibility index (Phi) is 5.67. The third-order valence-electron chi connectivity index (χ3n) is 5.26. The average molecular weight is 465 g/mol. The first-order chi connectivity index (χ1) is 15.6. The van der Waals surface area contributed by atoms with Crippen LogP contribution in [0.15, 0.2) is 51.5 Å². The zero-order valence-corrected chi connectivity index (χ0v) is 19.2. The van der Waals surface area contributed by atoms with Crippen LogP contribution in [0.2, 0.25) is 0 Å². The number of nitrogens with zero attached hydrogens (tertiary/aromatic N) is 3.